The van der Waals surface area contributed by atoms with Gasteiger partial charge in [0.25, 0.3) is 5.91 Å². The second-order valence-electron chi connectivity index (χ2n) is 3.38. The Morgan fingerprint density at radius 3 is 2.65 bits per heavy atom. The summed E-state index contributed by atoms with van der Waals surface area (Å²) in [6, 6.07) is 3.13. The number of hydrogen-bond donors (Lipinski definition) is 4. The number of pyridine rings is 1. The lowest BCUT2D eigenvalue weighted by molar-refractivity contribution is -0.117. The first-order valence-corrected chi connectivity index (χ1v) is 5.11. The van der Waals surface area contributed by atoms with Gasteiger partial charge in [-0.25, -0.2) is 10.8 Å². The number of primary amides is 1. The van der Waals surface area contributed by atoms with Crippen molar-refractivity contribution in [3.8, 4) is 0 Å². The average molecular weight is 237 g/mol. The molecule has 2 amide bonds. The van der Waals surface area contributed by atoms with Crippen LogP contribution in [0.15, 0.2) is 12.1 Å². The third-order valence-corrected chi connectivity index (χ3v) is 2.07. The number of carbonyl (C=O) groups is 2. The van der Waals surface area contributed by atoms with Gasteiger partial charge in [-0.1, -0.05) is 6.92 Å². The molecule has 92 valence electrons. The molecule has 0 unspecified atom stereocenters. The predicted molar refractivity (Wildman–Crippen MR) is 63.0 cm³/mol. The molecule has 0 aliphatic heterocycles. The Bertz CT molecular complexity index is 410. The van der Waals surface area contributed by atoms with Gasteiger partial charge in [-0.05, 0) is 18.6 Å². The first-order chi connectivity index (χ1) is 8.06. The van der Waals surface area contributed by atoms with Gasteiger partial charge in [0, 0.05) is 11.3 Å². The van der Waals surface area contributed by atoms with Gasteiger partial charge >= 0.3 is 0 Å². The number of aromatic nitrogens is 1. The van der Waals surface area contributed by atoms with Crippen LogP contribution >= 0.6 is 0 Å². The topological polar surface area (TPSA) is 123 Å². The van der Waals surface area contributed by atoms with E-state index in [4.69, 9.17) is 11.6 Å². The summed E-state index contributed by atoms with van der Waals surface area (Å²) in [5.41, 5.74) is 8.42. The van der Waals surface area contributed by atoms with Crippen molar-refractivity contribution in [1.29, 1.82) is 0 Å². The van der Waals surface area contributed by atoms with E-state index in [1.54, 1.807) is 6.07 Å². The molecule has 0 spiro atoms. The Balaban J connectivity index is 2.88. The minimum absolute atomic E-state index is 0.200. The standard InChI is InChI=1S/C10H15N5O2/c1-2-7-3-6(4-9(14-7)15-12)10(17)13-5-8(11)16/h3-4H,2,5,12H2,1H3,(H2,11,16)(H,13,17)(H,14,15). The lowest BCUT2D eigenvalue weighted by atomic mass is 10.2. The maximum absolute atomic E-state index is 11.7. The molecule has 0 aromatic carbocycles. The number of nitrogens with two attached hydrogens (primary N) is 2. The van der Waals surface area contributed by atoms with Gasteiger partial charge in [-0.2, -0.15) is 0 Å². The molecule has 1 aromatic heterocycles. The molecule has 1 heterocycles. The number of nitrogen functional groups attached to an aromatic ring is 1. The highest BCUT2D eigenvalue weighted by molar-refractivity contribution is 5.96. The van der Waals surface area contributed by atoms with Crippen LogP contribution in [0.3, 0.4) is 0 Å². The maximum atomic E-state index is 11.7. The molecule has 7 nitrogen and oxygen atoms in total. The van der Waals surface area contributed by atoms with Gasteiger partial charge in [0.15, 0.2) is 0 Å². The highest BCUT2D eigenvalue weighted by Crippen LogP contribution is 2.10. The Hall–Kier alpha value is -2.15. The van der Waals surface area contributed by atoms with Crippen molar-refractivity contribution in [3.05, 3.63) is 23.4 Å². The molecule has 1 aromatic rings. The summed E-state index contributed by atoms with van der Waals surface area (Å²) < 4.78 is 0. The van der Waals surface area contributed by atoms with Gasteiger partial charge in [0.2, 0.25) is 5.91 Å². The summed E-state index contributed by atoms with van der Waals surface area (Å²) in [5.74, 6) is 4.65. The number of nitrogens with one attached hydrogen (secondary N) is 2. The van der Waals surface area contributed by atoms with E-state index in [-0.39, 0.29) is 6.54 Å². The molecule has 7 heteroatoms. The monoisotopic (exact) mass is 237 g/mol. The van der Waals surface area contributed by atoms with Gasteiger partial charge < -0.3 is 16.5 Å². The zero-order chi connectivity index (χ0) is 12.8. The smallest absolute Gasteiger partial charge is 0.251 e. The zero-order valence-corrected chi connectivity index (χ0v) is 9.49. The third kappa shape index (κ3) is 3.72. The summed E-state index contributed by atoms with van der Waals surface area (Å²) in [6.45, 7) is 1.71. The van der Waals surface area contributed by atoms with Gasteiger partial charge in [0.05, 0.1) is 6.54 Å². The van der Waals surface area contributed by atoms with Crippen LogP contribution in [0, 0.1) is 0 Å². The second kappa shape index (κ2) is 5.80. The number of hydrazine groups is 1. The molecule has 1 rings (SSSR count). The first-order valence-electron chi connectivity index (χ1n) is 5.11. The van der Waals surface area contributed by atoms with E-state index in [0.717, 1.165) is 5.69 Å². The third-order valence-electron chi connectivity index (χ3n) is 2.07. The number of nitrogens with zero attached hydrogens (tertiary/aromatic N) is 1. The molecule has 0 atom stereocenters. The van der Waals surface area contributed by atoms with Crippen molar-refractivity contribution in [2.24, 2.45) is 11.6 Å². The normalized spacial score (nSPS) is 9.76. The largest absolute Gasteiger partial charge is 0.368 e. The SMILES string of the molecule is CCc1cc(C(=O)NCC(N)=O)cc(NN)n1. The summed E-state index contributed by atoms with van der Waals surface area (Å²) in [6.07, 6.45) is 0.672. The predicted octanol–water partition coefficient (Wildman–Crippen LogP) is -0.855. The van der Waals surface area contributed by atoms with Gasteiger partial charge in [-0.3, -0.25) is 9.59 Å². The summed E-state index contributed by atoms with van der Waals surface area (Å²) >= 11 is 0. The Labute approximate surface area is 98.5 Å². The highest BCUT2D eigenvalue weighted by atomic mass is 16.2. The van der Waals surface area contributed by atoms with E-state index in [2.05, 4.69) is 15.7 Å². The number of rotatable bonds is 5. The van der Waals surface area contributed by atoms with Crippen LogP contribution in [-0.4, -0.2) is 23.3 Å². The van der Waals surface area contributed by atoms with E-state index >= 15 is 0 Å². The fourth-order valence-electron chi connectivity index (χ4n) is 1.24. The summed E-state index contributed by atoms with van der Waals surface area (Å²) in [5, 5.41) is 2.39. The number of anilines is 1. The summed E-state index contributed by atoms with van der Waals surface area (Å²) in [4.78, 5) is 26.4. The number of amides is 2. The minimum Gasteiger partial charge on any atom is -0.368 e. The number of aryl methyl sites for hydroxylation is 1. The Morgan fingerprint density at radius 1 is 1.41 bits per heavy atom. The maximum Gasteiger partial charge on any atom is 0.251 e. The fourth-order valence-corrected chi connectivity index (χ4v) is 1.24. The van der Waals surface area contributed by atoms with E-state index in [9.17, 15) is 9.59 Å². The first kappa shape index (κ1) is 12.9. The van der Waals surface area contributed by atoms with Crippen molar-refractivity contribution in [1.82, 2.24) is 10.3 Å². The van der Waals surface area contributed by atoms with Crippen molar-refractivity contribution in [3.63, 3.8) is 0 Å². The van der Waals surface area contributed by atoms with Crippen LogP contribution in [0.4, 0.5) is 5.82 Å². The molecule has 0 fully saturated rings. The van der Waals surface area contributed by atoms with Crippen molar-refractivity contribution in [2.75, 3.05) is 12.0 Å². The van der Waals surface area contributed by atoms with Gasteiger partial charge in [0.1, 0.15) is 5.82 Å². The van der Waals surface area contributed by atoms with Crippen molar-refractivity contribution >= 4 is 17.6 Å². The average Bonchev–Trinajstić information content (AvgIpc) is 2.34. The van der Waals surface area contributed by atoms with Gasteiger partial charge in [-0.15, -0.1) is 0 Å². The molecular weight excluding hydrogens is 222 g/mol. The molecule has 0 bridgehead atoms. The van der Waals surface area contributed by atoms with Crippen molar-refractivity contribution < 1.29 is 9.59 Å². The second-order valence-corrected chi connectivity index (χ2v) is 3.38. The van der Waals surface area contributed by atoms with E-state index in [0.29, 0.717) is 17.8 Å². The minimum atomic E-state index is -0.597. The quantitative estimate of drug-likeness (QED) is 0.392. The molecule has 0 aliphatic carbocycles. The molecule has 0 saturated carbocycles. The molecule has 17 heavy (non-hydrogen) atoms. The van der Waals surface area contributed by atoms with E-state index < -0.39 is 11.8 Å². The fraction of sp³-hybridized carbons (Fsp3) is 0.300. The van der Waals surface area contributed by atoms with Crippen LogP contribution in [0.5, 0.6) is 0 Å². The Morgan fingerprint density at radius 2 is 2.12 bits per heavy atom. The van der Waals surface area contributed by atoms with Crippen LogP contribution in [0.25, 0.3) is 0 Å². The molecule has 0 aliphatic rings. The van der Waals surface area contributed by atoms with Crippen LogP contribution in [0.2, 0.25) is 0 Å². The number of hydrogen-bond acceptors (Lipinski definition) is 5. The Kier molecular flexibility index (Phi) is 4.41. The van der Waals surface area contributed by atoms with Crippen LogP contribution < -0.4 is 22.3 Å². The van der Waals surface area contributed by atoms with E-state index in [1.807, 2.05) is 6.92 Å². The number of carbonyl (C=O) groups excluding carboxylic acids is 2. The molecule has 0 radical (unpaired) electrons. The van der Waals surface area contributed by atoms with Crippen LogP contribution in [0.1, 0.15) is 23.0 Å². The molecule has 0 saturated heterocycles. The van der Waals surface area contributed by atoms with Crippen LogP contribution in [-0.2, 0) is 11.2 Å². The highest BCUT2D eigenvalue weighted by Gasteiger charge is 2.09. The lowest BCUT2D eigenvalue weighted by Gasteiger charge is -2.07. The zero-order valence-electron chi connectivity index (χ0n) is 9.49. The molecular formula is C10H15N5O2. The van der Waals surface area contributed by atoms with E-state index in [1.165, 1.54) is 6.07 Å². The summed E-state index contributed by atoms with van der Waals surface area (Å²) in [7, 11) is 0. The van der Waals surface area contributed by atoms with Crippen molar-refractivity contribution in [2.45, 2.75) is 13.3 Å². The lowest BCUT2D eigenvalue weighted by Crippen LogP contribution is -2.33. The molecule has 6 N–H and O–H groups in total.